The van der Waals surface area contributed by atoms with E-state index in [0.717, 1.165) is 40.1 Å². The van der Waals surface area contributed by atoms with Crippen LogP contribution in [0.25, 0.3) is 0 Å². The van der Waals surface area contributed by atoms with E-state index in [-0.39, 0.29) is 12.5 Å². The molecule has 0 aromatic heterocycles. The number of carbonyl (C=O) groups is 2. The van der Waals surface area contributed by atoms with E-state index in [1.807, 2.05) is 51.1 Å². The third-order valence-corrected chi connectivity index (χ3v) is 6.99. The molecule has 2 rings (SSSR count). The summed E-state index contributed by atoms with van der Waals surface area (Å²) < 4.78 is 31.9. The molecule has 2 amide bonds. The van der Waals surface area contributed by atoms with Crippen molar-refractivity contribution in [3.63, 3.8) is 0 Å². The number of amides is 2. The summed E-state index contributed by atoms with van der Waals surface area (Å²) in [5, 5.41) is 2.87. The van der Waals surface area contributed by atoms with Crippen molar-refractivity contribution in [2.45, 2.75) is 53.1 Å². The minimum Gasteiger partial charge on any atom is -0.497 e. The maximum atomic E-state index is 13.6. The van der Waals surface area contributed by atoms with Crippen molar-refractivity contribution in [1.82, 2.24) is 10.2 Å². The highest BCUT2D eigenvalue weighted by atomic mass is 32.2. The summed E-state index contributed by atoms with van der Waals surface area (Å²) in [4.78, 5) is 27.9. The highest BCUT2D eigenvalue weighted by Gasteiger charge is 2.31. The van der Waals surface area contributed by atoms with Crippen molar-refractivity contribution in [3.8, 4) is 5.75 Å². The first kappa shape index (κ1) is 28.2. The van der Waals surface area contributed by atoms with Crippen LogP contribution in [0.5, 0.6) is 5.75 Å². The maximum absolute atomic E-state index is 13.6. The number of para-hydroxylation sites is 1. The molecule has 0 radical (unpaired) electrons. The van der Waals surface area contributed by atoms with Crippen molar-refractivity contribution in [1.29, 1.82) is 0 Å². The van der Waals surface area contributed by atoms with E-state index in [9.17, 15) is 18.0 Å². The number of aryl methyl sites for hydroxylation is 2. The number of hydrogen-bond acceptors (Lipinski definition) is 5. The van der Waals surface area contributed by atoms with Crippen molar-refractivity contribution in [2.75, 3.05) is 30.8 Å². The highest BCUT2D eigenvalue weighted by molar-refractivity contribution is 7.92. The zero-order chi connectivity index (χ0) is 26.2. The fraction of sp³-hybridized carbons (Fsp3) is 0.462. The molecule has 8 nitrogen and oxygen atoms in total. The van der Waals surface area contributed by atoms with Gasteiger partial charge in [0, 0.05) is 13.1 Å². The summed E-state index contributed by atoms with van der Waals surface area (Å²) in [5.74, 6) is -0.0689. The predicted octanol–water partition coefficient (Wildman–Crippen LogP) is 3.41. The molecular weight excluding hydrogens is 466 g/mol. The van der Waals surface area contributed by atoms with Crippen LogP contribution < -0.4 is 14.4 Å². The zero-order valence-corrected chi connectivity index (χ0v) is 22.3. The first-order valence-corrected chi connectivity index (χ1v) is 13.6. The second kappa shape index (κ2) is 12.6. The minimum atomic E-state index is -3.77. The lowest BCUT2D eigenvalue weighted by Gasteiger charge is -2.32. The van der Waals surface area contributed by atoms with Gasteiger partial charge in [-0.15, -0.1) is 0 Å². The van der Waals surface area contributed by atoms with Gasteiger partial charge in [0.05, 0.1) is 19.1 Å². The summed E-state index contributed by atoms with van der Waals surface area (Å²) in [5.41, 5.74) is 2.77. The van der Waals surface area contributed by atoms with Gasteiger partial charge in [-0.3, -0.25) is 13.9 Å². The van der Waals surface area contributed by atoms with Gasteiger partial charge in [-0.2, -0.15) is 0 Å². The van der Waals surface area contributed by atoms with Crippen LogP contribution in [0.1, 0.15) is 43.4 Å². The molecule has 35 heavy (non-hydrogen) atoms. The molecule has 0 saturated heterocycles. The number of carbonyl (C=O) groups excluding carboxylic acids is 2. The predicted molar refractivity (Wildman–Crippen MR) is 139 cm³/mol. The van der Waals surface area contributed by atoms with E-state index >= 15 is 0 Å². The molecule has 0 fully saturated rings. The molecular formula is C26H37N3O5S. The Morgan fingerprint density at radius 1 is 1.06 bits per heavy atom. The lowest BCUT2D eigenvalue weighted by atomic mass is 10.1. The Balaban J connectivity index is 2.40. The lowest BCUT2D eigenvalue weighted by Crippen LogP contribution is -2.51. The van der Waals surface area contributed by atoms with E-state index in [4.69, 9.17) is 4.74 Å². The van der Waals surface area contributed by atoms with Crippen LogP contribution in [-0.2, 0) is 26.2 Å². The van der Waals surface area contributed by atoms with Crippen LogP contribution in [0, 0.1) is 13.8 Å². The van der Waals surface area contributed by atoms with Crippen molar-refractivity contribution in [2.24, 2.45) is 0 Å². The Labute approximate surface area is 209 Å². The van der Waals surface area contributed by atoms with E-state index in [2.05, 4.69) is 5.32 Å². The van der Waals surface area contributed by atoms with Crippen LogP contribution >= 0.6 is 0 Å². The fourth-order valence-corrected chi connectivity index (χ4v) is 4.79. The van der Waals surface area contributed by atoms with Gasteiger partial charge in [-0.05, 0) is 56.0 Å². The summed E-state index contributed by atoms with van der Waals surface area (Å²) in [7, 11) is -2.20. The number of methoxy groups -OCH3 is 1. The molecule has 2 aromatic carbocycles. The number of nitrogens with one attached hydrogen (secondary N) is 1. The molecule has 1 N–H and O–H groups in total. The van der Waals surface area contributed by atoms with Crippen LogP contribution in [0.15, 0.2) is 42.5 Å². The minimum absolute atomic E-state index is 0.148. The van der Waals surface area contributed by atoms with Gasteiger partial charge in [-0.1, -0.05) is 43.7 Å². The fourth-order valence-electron chi connectivity index (χ4n) is 3.82. The number of hydrogen-bond donors (Lipinski definition) is 1. The van der Waals surface area contributed by atoms with E-state index < -0.39 is 28.5 Å². The Bertz CT molecular complexity index is 1100. The topological polar surface area (TPSA) is 96.0 Å². The van der Waals surface area contributed by atoms with Gasteiger partial charge in [0.25, 0.3) is 0 Å². The Morgan fingerprint density at radius 3 is 2.17 bits per heavy atom. The maximum Gasteiger partial charge on any atom is 0.244 e. The number of anilines is 1. The second-order valence-corrected chi connectivity index (χ2v) is 10.6. The zero-order valence-electron chi connectivity index (χ0n) is 21.5. The van der Waals surface area contributed by atoms with Crippen molar-refractivity contribution < 1.29 is 22.7 Å². The summed E-state index contributed by atoms with van der Waals surface area (Å²) in [6.07, 6.45) is 2.85. The van der Waals surface area contributed by atoms with Crippen LogP contribution in [-0.4, -0.2) is 57.6 Å². The molecule has 192 valence electrons. The largest absolute Gasteiger partial charge is 0.497 e. The molecule has 0 bridgehead atoms. The summed E-state index contributed by atoms with van der Waals surface area (Å²) >= 11 is 0. The summed E-state index contributed by atoms with van der Waals surface area (Å²) in [6.45, 7) is 7.56. The quantitative estimate of drug-likeness (QED) is 0.448. The van der Waals surface area contributed by atoms with Gasteiger partial charge >= 0.3 is 0 Å². The molecule has 9 heteroatoms. The molecule has 0 heterocycles. The van der Waals surface area contributed by atoms with E-state index in [1.165, 1.54) is 4.90 Å². The molecule has 0 aliphatic carbocycles. The standard InChI is InChI=1S/C26H37N3O5S/c1-7-8-16-27-26(31)21(4)28(17-22-12-14-23(34-5)15-13-22)24(30)18-29(35(6,32)33)25-19(2)10-9-11-20(25)3/h9-15,21H,7-8,16-18H2,1-6H3,(H,27,31)/t21-/m1/s1. The van der Waals surface area contributed by atoms with Gasteiger partial charge < -0.3 is 15.0 Å². The van der Waals surface area contributed by atoms with Gasteiger partial charge in [0.2, 0.25) is 21.8 Å². The first-order valence-electron chi connectivity index (χ1n) is 11.7. The molecule has 0 unspecified atom stereocenters. The van der Waals surface area contributed by atoms with Crippen molar-refractivity contribution in [3.05, 3.63) is 59.2 Å². The monoisotopic (exact) mass is 503 g/mol. The number of benzene rings is 2. The van der Waals surface area contributed by atoms with Gasteiger partial charge in [-0.25, -0.2) is 8.42 Å². The number of nitrogens with zero attached hydrogens (tertiary/aromatic N) is 2. The average molecular weight is 504 g/mol. The molecule has 0 spiro atoms. The number of sulfonamides is 1. The van der Waals surface area contributed by atoms with Crippen molar-refractivity contribution >= 4 is 27.5 Å². The Hall–Kier alpha value is -3.07. The average Bonchev–Trinajstić information content (AvgIpc) is 2.81. The van der Waals surface area contributed by atoms with Crippen LogP contribution in [0.3, 0.4) is 0 Å². The van der Waals surface area contributed by atoms with E-state index in [1.54, 1.807) is 26.2 Å². The van der Waals surface area contributed by atoms with Gasteiger partial charge in [0.1, 0.15) is 18.3 Å². The Morgan fingerprint density at radius 2 is 1.66 bits per heavy atom. The molecule has 0 aliphatic heterocycles. The third-order valence-electron chi connectivity index (χ3n) is 5.88. The SMILES string of the molecule is CCCCNC(=O)[C@@H](C)N(Cc1ccc(OC)cc1)C(=O)CN(c1c(C)cccc1C)S(C)(=O)=O. The molecule has 2 aromatic rings. The normalized spacial score (nSPS) is 12.1. The first-order chi connectivity index (χ1) is 16.5. The van der Waals surface area contributed by atoms with Crippen LogP contribution in [0.2, 0.25) is 0 Å². The Kier molecular flexibility index (Phi) is 10.1. The lowest BCUT2D eigenvalue weighted by molar-refractivity contribution is -0.139. The number of unbranched alkanes of at least 4 members (excludes halogenated alkanes) is 1. The van der Waals surface area contributed by atoms with E-state index in [0.29, 0.717) is 18.0 Å². The number of rotatable bonds is 12. The molecule has 0 aliphatic rings. The highest BCUT2D eigenvalue weighted by Crippen LogP contribution is 2.27. The smallest absolute Gasteiger partial charge is 0.244 e. The third kappa shape index (κ3) is 7.71. The second-order valence-electron chi connectivity index (χ2n) is 8.70. The molecule has 0 saturated carbocycles. The van der Waals surface area contributed by atoms with Crippen LogP contribution in [0.4, 0.5) is 5.69 Å². The summed E-state index contributed by atoms with van der Waals surface area (Å²) in [6, 6.07) is 11.9. The van der Waals surface area contributed by atoms with Gasteiger partial charge in [0.15, 0.2) is 0 Å². The number of ether oxygens (including phenoxy) is 1. The molecule has 1 atom stereocenters.